The second kappa shape index (κ2) is 6.70. The van der Waals surface area contributed by atoms with Crippen LogP contribution in [-0.2, 0) is 11.3 Å². The number of aromatic amines is 1. The first-order valence-corrected chi connectivity index (χ1v) is 7.51. The minimum atomic E-state index is -1.37. The number of rotatable bonds is 4. The molecule has 1 aromatic carbocycles. The van der Waals surface area contributed by atoms with E-state index in [1.807, 2.05) is 30.3 Å². The fourth-order valence-electron chi connectivity index (χ4n) is 2.78. The molecular weight excluding hydrogens is 316 g/mol. The van der Waals surface area contributed by atoms with E-state index in [1.54, 1.807) is 0 Å². The van der Waals surface area contributed by atoms with Gasteiger partial charge in [-0.2, -0.15) is 0 Å². The summed E-state index contributed by atoms with van der Waals surface area (Å²) < 4.78 is 6.65. The minimum Gasteiger partial charge on any atom is -0.394 e. The van der Waals surface area contributed by atoms with Crippen molar-refractivity contribution in [2.24, 2.45) is 0 Å². The Balaban J connectivity index is 1.96. The van der Waals surface area contributed by atoms with Crippen molar-refractivity contribution < 1.29 is 20.1 Å². The summed E-state index contributed by atoms with van der Waals surface area (Å²) in [4.78, 5) is 26.3. The van der Waals surface area contributed by atoms with Gasteiger partial charge >= 0.3 is 5.69 Å². The third-order valence-corrected chi connectivity index (χ3v) is 4.08. The maximum atomic E-state index is 12.1. The normalized spacial score (nSPS) is 26.6. The monoisotopic (exact) mass is 334 g/mol. The van der Waals surface area contributed by atoms with Gasteiger partial charge in [-0.1, -0.05) is 30.3 Å². The van der Waals surface area contributed by atoms with Gasteiger partial charge in [0.15, 0.2) is 0 Å². The van der Waals surface area contributed by atoms with E-state index in [9.17, 15) is 19.8 Å². The zero-order valence-corrected chi connectivity index (χ0v) is 12.7. The van der Waals surface area contributed by atoms with Gasteiger partial charge in [0.1, 0.15) is 24.4 Å². The number of nitrogens with one attached hydrogen (secondary N) is 1. The molecule has 8 heteroatoms. The number of hydrogen-bond donors (Lipinski definition) is 4. The Morgan fingerprint density at radius 3 is 2.46 bits per heavy atom. The molecule has 1 aromatic heterocycles. The van der Waals surface area contributed by atoms with Crippen LogP contribution >= 0.6 is 0 Å². The molecule has 4 N–H and O–H groups in total. The topological polar surface area (TPSA) is 125 Å². The van der Waals surface area contributed by atoms with Crippen LogP contribution in [0.5, 0.6) is 0 Å². The third kappa shape index (κ3) is 3.04. The van der Waals surface area contributed by atoms with Crippen molar-refractivity contribution in [3.8, 4) is 0 Å². The minimum absolute atomic E-state index is 0.0213. The second-order valence-corrected chi connectivity index (χ2v) is 5.72. The number of ether oxygens (including phenoxy) is 1. The fourth-order valence-corrected chi connectivity index (χ4v) is 2.78. The first kappa shape index (κ1) is 16.6. The van der Waals surface area contributed by atoms with E-state index in [2.05, 4.69) is 4.98 Å². The van der Waals surface area contributed by atoms with Crippen LogP contribution in [0, 0.1) is 0 Å². The summed E-state index contributed by atoms with van der Waals surface area (Å²) in [5, 5.41) is 29.0. The largest absolute Gasteiger partial charge is 0.394 e. The van der Waals surface area contributed by atoms with E-state index < -0.39 is 42.3 Å². The van der Waals surface area contributed by atoms with E-state index in [0.717, 1.165) is 5.56 Å². The molecule has 2 aromatic rings. The summed E-state index contributed by atoms with van der Waals surface area (Å²) in [5.41, 5.74) is -0.398. The van der Waals surface area contributed by atoms with Gasteiger partial charge in [-0.3, -0.25) is 14.3 Å². The Bertz CT molecular complexity index is 815. The smallest absolute Gasteiger partial charge is 0.328 e. The highest BCUT2D eigenvalue weighted by atomic mass is 16.6. The van der Waals surface area contributed by atoms with Gasteiger partial charge in [-0.05, 0) is 5.56 Å². The molecule has 128 valence electrons. The molecule has 0 unspecified atom stereocenters. The average Bonchev–Trinajstić information content (AvgIpc) is 2.86. The summed E-state index contributed by atoms with van der Waals surface area (Å²) >= 11 is 0. The molecule has 1 aliphatic rings. The Morgan fingerprint density at radius 1 is 1.12 bits per heavy atom. The molecule has 24 heavy (non-hydrogen) atoms. The van der Waals surface area contributed by atoms with Crippen LogP contribution in [0.4, 0.5) is 0 Å². The third-order valence-electron chi connectivity index (χ3n) is 4.08. The highest BCUT2D eigenvalue weighted by molar-refractivity contribution is 5.18. The predicted molar refractivity (Wildman–Crippen MR) is 83.6 cm³/mol. The Hall–Kier alpha value is -2.26. The van der Waals surface area contributed by atoms with Gasteiger partial charge in [0.05, 0.1) is 18.7 Å². The standard InChI is InChI=1S/C16H18N2O6/c19-8-11-12(20)13(21)14(24-11)10-7-18(16(23)17-15(10)22)6-9-4-2-1-3-5-9/h1-5,7,11-14,19-21H,6,8H2,(H,17,22,23)/t11-,12-,13-,14+/m1/s1. The van der Waals surface area contributed by atoms with Crippen LogP contribution < -0.4 is 11.2 Å². The Morgan fingerprint density at radius 2 is 1.83 bits per heavy atom. The molecule has 0 bridgehead atoms. The molecule has 8 nitrogen and oxygen atoms in total. The van der Waals surface area contributed by atoms with Crippen LogP contribution in [0.2, 0.25) is 0 Å². The lowest BCUT2D eigenvalue weighted by Crippen LogP contribution is -2.36. The Labute approximate surface area is 136 Å². The van der Waals surface area contributed by atoms with Crippen LogP contribution in [0.25, 0.3) is 0 Å². The molecule has 0 saturated carbocycles. The summed E-state index contributed by atoms with van der Waals surface area (Å²) in [6.07, 6.45) is -3.48. The number of aliphatic hydroxyl groups excluding tert-OH is 3. The lowest BCUT2D eigenvalue weighted by molar-refractivity contribution is -0.0233. The van der Waals surface area contributed by atoms with Crippen molar-refractivity contribution in [1.29, 1.82) is 0 Å². The molecule has 3 rings (SSSR count). The van der Waals surface area contributed by atoms with Crippen molar-refractivity contribution in [2.45, 2.75) is 31.0 Å². The van der Waals surface area contributed by atoms with E-state index in [-0.39, 0.29) is 12.1 Å². The Kier molecular flexibility index (Phi) is 4.63. The molecule has 1 aliphatic heterocycles. The number of H-pyrrole nitrogens is 1. The number of aromatic nitrogens is 2. The number of hydrogen-bond acceptors (Lipinski definition) is 6. The summed E-state index contributed by atoms with van der Waals surface area (Å²) in [6.45, 7) is -0.255. The first-order valence-electron chi connectivity index (χ1n) is 7.51. The molecule has 0 radical (unpaired) electrons. The summed E-state index contributed by atoms with van der Waals surface area (Å²) in [7, 11) is 0. The van der Waals surface area contributed by atoms with Crippen molar-refractivity contribution in [3.63, 3.8) is 0 Å². The number of aliphatic hydroxyl groups is 3. The molecule has 2 heterocycles. The number of benzene rings is 1. The van der Waals surface area contributed by atoms with Gasteiger partial charge < -0.3 is 20.1 Å². The van der Waals surface area contributed by atoms with Crippen molar-refractivity contribution in [1.82, 2.24) is 9.55 Å². The van der Waals surface area contributed by atoms with Crippen LogP contribution in [-0.4, -0.2) is 49.8 Å². The van der Waals surface area contributed by atoms with Gasteiger partial charge in [0.2, 0.25) is 0 Å². The highest BCUT2D eigenvalue weighted by Gasteiger charge is 2.44. The molecular formula is C16H18N2O6. The second-order valence-electron chi connectivity index (χ2n) is 5.72. The lowest BCUT2D eigenvalue weighted by Gasteiger charge is -2.15. The van der Waals surface area contributed by atoms with Crippen molar-refractivity contribution >= 4 is 0 Å². The van der Waals surface area contributed by atoms with Gasteiger partial charge in [-0.25, -0.2) is 4.79 Å². The molecule has 0 aliphatic carbocycles. The lowest BCUT2D eigenvalue weighted by atomic mass is 10.0. The molecule has 1 saturated heterocycles. The highest BCUT2D eigenvalue weighted by Crippen LogP contribution is 2.31. The molecule has 0 amide bonds. The van der Waals surface area contributed by atoms with Crippen LogP contribution in [0.1, 0.15) is 17.2 Å². The zero-order valence-electron chi connectivity index (χ0n) is 12.7. The maximum absolute atomic E-state index is 12.1. The maximum Gasteiger partial charge on any atom is 0.328 e. The van der Waals surface area contributed by atoms with Gasteiger partial charge in [-0.15, -0.1) is 0 Å². The van der Waals surface area contributed by atoms with E-state index in [4.69, 9.17) is 9.84 Å². The van der Waals surface area contributed by atoms with E-state index in [0.29, 0.717) is 0 Å². The van der Waals surface area contributed by atoms with Crippen molar-refractivity contribution in [3.05, 3.63) is 68.5 Å². The van der Waals surface area contributed by atoms with Crippen LogP contribution in [0.15, 0.2) is 46.1 Å². The molecule has 4 atom stereocenters. The van der Waals surface area contributed by atoms with Gasteiger partial charge in [0, 0.05) is 6.20 Å². The number of nitrogens with zero attached hydrogens (tertiary/aromatic N) is 1. The predicted octanol–water partition coefficient (Wildman–Crippen LogP) is -1.26. The zero-order chi connectivity index (χ0) is 17.3. The van der Waals surface area contributed by atoms with Gasteiger partial charge in [0.25, 0.3) is 5.56 Å². The summed E-state index contributed by atoms with van der Waals surface area (Å²) in [5.74, 6) is 0. The molecule has 1 fully saturated rings. The average molecular weight is 334 g/mol. The quantitative estimate of drug-likeness (QED) is 0.553. The van der Waals surface area contributed by atoms with Crippen LogP contribution in [0.3, 0.4) is 0 Å². The van der Waals surface area contributed by atoms with E-state index >= 15 is 0 Å². The fraction of sp³-hybridized carbons (Fsp3) is 0.375. The molecule has 0 spiro atoms. The van der Waals surface area contributed by atoms with Crippen molar-refractivity contribution in [2.75, 3.05) is 6.61 Å². The summed E-state index contributed by atoms with van der Waals surface area (Å²) in [6, 6.07) is 9.19. The van der Waals surface area contributed by atoms with E-state index in [1.165, 1.54) is 10.8 Å². The SMILES string of the molecule is O=c1[nH]c(=O)n(Cc2ccccc2)cc1[C@@H]1O[C@H](CO)[C@@H](O)[C@H]1O. The first-order chi connectivity index (χ1) is 11.5.